The predicted octanol–water partition coefficient (Wildman–Crippen LogP) is 4.39. The van der Waals surface area contributed by atoms with E-state index >= 15 is 0 Å². The first-order chi connectivity index (χ1) is 14.1. The lowest BCUT2D eigenvalue weighted by atomic mass is 10.0. The van der Waals surface area contributed by atoms with E-state index in [1.807, 2.05) is 54.6 Å². The third-order valence-electron chi connectivity index (χ3n) is 4.99. The molecule has 5 heteroatoms. The van der Waals surface area contributed by atoms with Crippen LogP contribution in [0.3, 0.4) is 0 Å². The summed E-state index contributed by atoms with van der Waals surface area (Å²) in [5, 5.41) is 21.5. The molecule has 1 heterocycles. The molecule has 4 rings (SSSR count). The monoisotopic (exact) mass is 394 g/mol. The van der Waals surface area contributed by atoms with Crippen molar-refractivity contribution in [2.75, 3.05) is 6.61 Å². The summed E-state index contributed by atoms with van der Waals surface area (Å²) in [6, 6.07) is 18.2. The summed E-state index contributed by atoms with van der Waals surface area (Å²) in [5.41, 5.74) is 1.56. The van der Waals surface area contributed by atoms with Crippen molar-refractivity contribution in [1.29, 1.82) is 0 Å². The first-order valence-corrected chi connectivity index (χ1v) is 9.68. The highest BCUT2D eigenvalue weighted by Crippen LogP contribution is 2.31. The molecule has 0 saturated carbocycles. The Labute approximate surface area is 168 Å². The Bertz CT molecular complexity index is 1020. The molecule has 29 heavy (non-hydrogen) atoms. The van der Waals surface area contributed by atoms with Crippen LogP contribution in [0, 0.1) is 5.82 Å². The zero-order valence-corrected chi connectivity index (χ0v) is 15.9. The van der Waals surface area contributed by atoms with Crippen molar-refractivity contribution in [1.82, 2.24) is 0 Å². The maximum absolute atomic E-state index is 13.5. The zero-order valence-electron chi connectivity index (χ0n) is 15.9. The second kappa shape index (κ2) is 8.74. The Balaban J connectivity index is 1.66. The van der Waals surface area contributed by atoms with Crippen molar-refractivity contribution >= 4 is 22.9 Å². The molecule has 150 valence electrons. The first kappa shape index (κ1) is 19.6. The molecule has 3 atom stereocenters. The summed E-state index contributed by atoms with van der Waals surface area (Å²) in [4.78, 5) is 0. The number of rotatable bonds is 5. The number of halogens is 1. The fourth-order valence-electron chi connectivity index (χ4n) is 3.55. The lowest BCUT2D eigenvalue weighted by molar-refractivity contribution is -0.184. The number of benzene rings is 3. The molecule has 0 spiro atoms. The molecule has 1 aliphatic rings. The van der Waals surface area contributed by atoms with Crippen LogP contribution in [0.1, 0.15) is 24.0 Å². The van der Waals surface area contributed by atoms with Crippen molar-refractivity contribution in [2.24, 2.45) is 0 Å². The molecule has 0 aromatic heterocycles. The van der Waals surface area contributed by atoms with Gasteiger partial charge in [0.15, 0.2) is 0 Å². The van der Waals surface area contributed by atoms with Crippen LogP contribution < -0.4 is 4.74 Å². The third kappa shape index (κ3) is 4.82. The molecule has 0 radical (unpaired) electrons. The number of ether oxygens (including phenoxy) is 2. The Morgan fingerprint density at radius 1 is 1.00 bits per heavy atom. The van der Waals surface area contributed by atoms with Gasteiger partial charge in [0.1, 0.15) is 11.6 Å². The minimum Gasteiger partial charge on any atom is -0.464 e. The van der Waals surface area contributed by atoms with Gasteiger partial charge in [-0.3, -0.25) is 0 Å². The van der Waals surface area contributed by atoms with Crippen LogP contribution in [-0.2, 0) is 4.74 Å². The minimum absolute atomic E-state index is 0.166. The molecular weight excluding hydrogens is 371 g/mol. The van der Waals surface area contributed by atoms with Gasteiger partial charge in [0.2, 0.25) is 6.29 Å². The van der Waals surface area contributed by atoms with Crippen molar-refractivity contribution in [3.63, 3.8) is 0 Å². The van der Waals surface area contributed by atoms with Crippen LogP contribution >= 0.6 is 0 Å². The van der Waals surface area contributed by atoms with E-state index in [1.54, 1.807) is 6.07 Å². The second-order valence-electron chi connectivity index (χ2n) is 7.24. The maximum atomic E-state index is 13.5. The van der Waals surface area contributed by atoms with Gasteiger partial charge in [-0.1, -0.05) is 48.6 Å². The van der Waals surface area contributed by atoms with Gasteiger partial charge in [0, 0.05) is 18.4 Å². The molecule has 3 aromatic rings. The van der Waals surface area contributed by atoms with Gasteiger partial charge in [-0.15, -0.1) is 0 Å². The van der Waals surface area contributed by atoms with Gasteiger partial charge in [-0.2, -0.15) is 0 Å². The van der Waals surface area contributed by atoms with Gasteiger partial charge in [0.25, 0.3) is 0 Å². The smallest absolute Gasteiger partial charge is 0.202 e. The highest BCUT2D eigenvalue weighted by atomic mass is 19.1. The Hall–Kier alpha value is -2.73. The molecule has 4 nitrogen and oxygen atoms in total. The van der Waals surface area contributed by atoms with E-state index in [4.69, 9.17) is 9.47 Å². The van der Waals surface area contributed by atoms with E-state index < -0.39 is 18.5 Å². The number of hydrogen-bond donors (Lipinski definition) is 2. The van der Waals surface area contributed by atoms with Crippen LogP contribution in [0.2, 0.25) is 0 Å². The zero-order chi connectivity index (χ0) is 20.2. The van der Waals surface area contributed by atoms with Crippen LogP contribution in [-0.4, -0.2) is 35.3 Å². The summed E-state index contributed by atoms with van der Waals surface area (Å²) in [7, 11) is 0. The number of aliphatic hydroxyl groups is 2. The number of aliphatic hydroxyl groups excluding tert-OH is 2. The summed E-state index contributed by atoms with van der Waals surface area (Å²) in [5.74, 6) is 0.314. The molecule has 0 amide bonds. The topological polar surface area (TPSA) is 58.9 Å². The maximum Gasteiger partial charge on any atom is 0.202 e. The molecular formula is C24H23FO4. The second-order valence-corrected chi connectivity index (χ2v) is 7.24. The van der Waals surface area contributed by atoms with Gasteiger partial charge < -0.3 is 19.7 Å². The molecule has 0 bridgehead atoms. The fraction of sp³-hybridized carbons (Fsp3) is 0.250. The normalized spacial score (nSPS) is 22.2. The van der Waals surface area contributed by atoms with Crippen LogP contribution in [0.25, 0.3) is 22.9 Å². The minimum atomic E-state index is -0.654. The van der Waals surface area contributed by atoms with Crippen molar-refractivity contribution in [2.45, 2.75) is 31.3 Å². The van der Waals surface area contributed by atoms with E-state index in [1.165, 1.54) is 12.1 Å². The van der Waals surface area contributed by atoms with Gasteiger partial charge in [-0.25, -0.2) is 4.39 Å². The average molecular weight is 394 g/mol. The number of hydrogen-bond acceptors (Lipinski definition) is 4. The summed E-state index contributed by atoms with van der Waals surface area (Å²) >= 11 is 0. The van der Waals surface area contributed by atoms with E-state index in [2.05, 4.69) is 0 Å². The third-order valence-corrected chi connectivity index (χ3v) is 4.99. The van der Waals surface area contributed by atoms with Crippen LogP contribution in [0.4, 0.5) is 4.39 Å². The summed E-state index contributed by atoms with van der Waals surface area (Å²) in [6.07, 6.45) is 2.73. The molecule has 3 aromatic carbocycles. The fourth-order valence-corrected chi connectivity index (χ4v) is 3.55. The van der Waals surface area contributed by atoms with E-state index in [0.717, 1.165) is 21.9 Å². The molecule has 1 saturated heterocycles. The van der Waals surface area contributed by atoms with E-state index in [9.17, 15) is 14.6 Å². The summed E-state index contributed by atoms with van der Waals surface area (Å²) < 4.78 is 25.3. The molecule has 3 unspecified atom stereocenters. The largest absolute Gasteiger partial charge is 0.464 e. The van der Waals surface area contributed by atoms with Gasteiger partial charge >= 0.3 is 0 Å². The van der Waals surface area contributed by atoms with Crippen molar-refractivity contribution in [3.8, 4) is 5.75 Å². The Morgan fingerprint density at radius 2 is 1.79 bits per heavy atom. The van der Waals surface area contributed by atoms with Gasteiger partial charge in [-0.05, 0) is 40.6 Å². The molecule has 0 aliphatic carbocycles. The van der Waals surface area contributed by atoms with Crippen LogP contribution in [0.15, 0.2) is 60.7 Å². The highest BCUT2D eigenvalue weighted by molar-refractivity contribution is 5.88. The van der Waals surface area contributed by atoms with Crippen LogP contribution in [0.5, 0.6) is 5.75 Å². The SMILES string of the molecule is OCC1CC(O)CC(Oc2cc3ccccc3cc2/C=C/c2cccc(F)c2)O1. The lowest BCUT2D eigenvalue weighted by Crippen LogP contribution is -2.40. The quantitative estimate of drug-likeness (QED) is 0.631. The van der Waals surface area contributed by atoms with Crippen molar-refractivity contribution in [3.05, 3.63) is 77.6 Å². The molecule has 1 aliphatic heterocycles. The van der Waals surface area contributed by atoms with Gasteiger partial charge in [0.05, 0.1) is 18.8 Å². The molecule has 1 fully saturated rings. The first-order valence-electron chi connectivity index (χ1n) is 9.68. The average Bonchev–Trinajstić information content (AvgIpc) is 2.72. The van der Waals surface area contributed by atoms with Crippen molar-refractivity contribution < 1.29 is 24.1 Å². The highest BCUT2D eigenvalue weighted by Gasteiger charge is 2.29. The summed E-state index contributed by atoms with van der Waals surface area (Å²) in [6.45, 7) is -0.166. The lowest BCUT2D eigenvalue weighted by Gasteiger charge is -2.32. The van der Waals surface area contributed by atoms with E-state index in [-0.39, 0.29) is 12.4 Å². The van der Waals surface area contributed by atoms with E-state index in [0.29, 0.717) is 18.6 Å². The Morgan fingerprint density at radius 3 is 2.55 bits per heavy atom. The standard InChI is InChI=1S/C24H23FO4/c25-20-7-3-4-16(10-20)8-9-19-11-17-5-1-2-6-18(17)12-23(19)29-24-14-21(27)13-22(15-26)28-24/h1-12,21-22,24,26-27H,13-15H2/b9-8+. The Kier molecular flexibility index (Phi) is 5.90. The number of fused-ring (bicyclic) bond motifs is 1. The predicted molar refractivity (Wildman–Crippen MR) is 111 cm³/mol. The molecule has 2 N–H and O–H groups in total.